The summed E-state index contributed by atoms with van der Waals surface area (Å²) >= 11 is 0. The number of ether oxygens (including phenoxy) is 1. The summed E-state index contributed by atoms with van der Waals surface area (Å²) < 4.78 is 17.4. The molecule has 1 atom stereocenters. The Morgan fingerprint density at radius 2 is 2.20 bits per heavy atom. The molecular formula is C12H18FNO. The molecule has 0 bridgehead atoms. The summed E-state index contributed by atoms with van der Waals surface area (Å²) in [5.74, 6) is 0.785. The molecule has 2 N–H and O–H groups in total. The monoisotopic (exact) mass is 211 g/mol. The number of para-hydroxylation sites is 1. The first-order valence-corrected chi connectivity index (χ1v) is 5.18. The Bertz CT molecular complexity index is 312. The zero-order valence-corrected chi connectivity index (χ0v) is 9.29. The van der Waals surface area contributed by atoms with E-state index in [2.05, 4.69) is 0 Å². The molecule has 2 nitrogen and oxygen atoms in total. The average molecular weight is 211 g/mol. The number of alkyl halides is 1. The third-order valence-corrected chi connectivity index (χ3v) is 2.16. The van der Waals surface area contributed by atoms with Crippen molar-refractivity contribution in [1.82, 2.24) is 0 Å². The summed E-state index contributed by atoms with van der Waals surface area (Å²) in [4.78, 5) is 0. The average Bonchev–Trinajstić information content (AvgIpc) is 2.16. The number of nitrogens with two attached hydrogens (primary N) is 1. The van der Waals surface area contributed by atoms with Crippen LogP contribution in [-0.4, -0.2) is 19.3 Å². The predicted molar refractivity (Wildman–Crippen MR) is 60.0 cm³/mol. The van der Waals surface area contributed by atoms with Crippen molar-refractivity contribution in [2.75, 3.05) is 13.3 Å². The normalized spacial score (nSPS) is 12.5. The Kier molecular flexibility index (Phi) is 4.56. The molecule has 0 aromatic heterocycles. The van der Waals surface area contributed by atoms with Crippen molar-refractivity contribution in [3.05, 3.63) is 29.3 Å². The van der Waals surface area contributed by atoms with Crippen LogP contribution >= 0.6 is 0 Å². The lowest BCUT2D eigenvalue weighted by molar-refractivity contribution is 0.269. The molecule has 0 aliphatic carbocycles. The molecule has 0 heterocycles. The highest BCUT2D eigenvalue weighted by Gasteiger charge is 2.08. The van der Waals surface area contributed by atoms with Crippen LogP contribution in [0.3, 0.4) is 0 Å². The molecule has 0 radical (unpaired) electrons. The van der Waals surface area contributed by atoms with E-state index in [9.17, 15) is 4.39 Å². The Morgan fingerprint density at radius 1 is 1.47 bits per heavy atom. The van der Waals surface area contributed by atoms with Crippen LogP contribution in [0.15, 0.2) is 18.2 Å². The summed E-state index contributed by atoms with van der Waals surface area (Å²) in [5, 5.41) is 0. The molecule has 15 heavy (non-hydrogen) atoms. The van der Waals surface area contributed by atoms with Gasteiger partial charge in [-0.15, -0.1) is 0 Å². The van der Waals surface area contributed by atoms with Crippen LogP contribution in [0.2, 0.25) is 0 Å². The van der Waals surface area contributed by atoms with Crippen molar-refractivity contribution in [2.45, 2.75) is 26.3 Å². The maximum Gasteiger partial charge on any atom is 0.125 e. The highest BCUT2D eigenvalue weighted by atomic mass is 19.1. The van der Waals surface area contributed by atoms with Gasteiger partial charge in [0, 0.05) is 6.04 Å². The summed E-state index contributed by atoms with van der Waals surface area (Å²) in [7, 11) is 0. The van der Waals surface area contributed by atoms with Crippen LogP contribution in [0.5, 0.6) is 5.75 Å². The third kappa shape index (κ3) is 3.51. The topological polar surface area (TPSA) is 35.2 Å². The lowest BCUT2D eigenvalue weighted by Gasteiger charge is -2.14. The van der Waals surface area contributed by atoms with E-state index in [1.165, 1.54) is 0 Å². The van der Waals surface area contributed by atoms with E-state index < -0.39 is 6.67 Å². The van der Waals surface area contributed by atoms with E-state index in [1.807, 2.05) is 32.0 Å². The zero-order chi connectivity index (χ0) is 11.3. The first-order valence-electron chi connectivity index (χ1n) is 5.18. The van der Waals surface area contributed by atoms with Crippen LogP contribution in [0.4, 0.5) is 4.39 Å². The SMILES string of the molecule is Cc1cccc(CC(C)N)c1OCCF. The minimum Gasteiger partial charge on any atom is -0.490 e. The van der Waals surface area contributed by atoms with Gasteiger partial charge in [0.25, 0.3) is 0 Å². The van der Waals surface area contributed by atoms with E-state index >= 15 is 0 Å². The summed E-state index contributed by atoms with van der Waals surface area (Å²) in [6.45, 7) is 3.54. The molecular weight excluding hydrogens is 193 g/mol. The van der Waals surface area contributed by atoms with Gasteiger partial charge in [0.1, 0.15) is 19.0 Å². The highest BCUT2D eigenvalue weighted by molar-refractivity contribution is 5.41. The second kappa shape index (κ2) is 5.71. The van der Waals surface area contributed by atoms with Gasteiger partial charge in [-0.05, 0) is 31.4 Å². The van der Waals surface area contributed by atoms with Gasteiger partial charge in [-0.2, -0.15) is 0 Å². The first kappa shape index (κ1) is 12.0. The van der Waals surface area contributed by atoms with Gasteiger partial charge >= 0.3 is 0 Å². The molecule has 1 aromatic rings. The zero-order valence-electron chi connectivity index (χ0n) is 9.29. The van der Waals surface area contributed by atoms with Crippen molar-refractivity contribution in [3.8, 4) is 5.75 Å². The van der Waals surface area contributed by atoms with Gasteiger partial charge < -0.3 is 10.5 Å². The standard InChI is InChI=1S/C12H18FNO/c1-9-4-3-5-11(8-10(2)14)12(9)15-7-6-13/h3-5,10H,6-8,14H2,1-2H3. The number of rotatable bonds is 5. The number of benzene rings is 1. The van der Waals surface area contributed by atoms with E-state index in [1.54, 1.807) is 0 Å². The van der Waals surface area contributed by atoms with Crippen molar-refractivity contribution < 1.29 is 9.13 Å². The van der Waals surface area contributed by atoms with E-state index in [0.717, 1.165) is 23.3 Å². The second-order valence-electron chi connectivity index (χ2n) is 3.78. The van der Waals surface area contributed by atoms with Crippen molar-refractivity contribution in [1.29, 1.82) is 0 Å². The Balaban J connectivity index is 2.87. The molecule has 1 aromatic carbocycles. The lowest BCUT2D eigenvalue weighted by atomic mass is 10.0. The van der Waals surface area contributed by atoms with Crippen molar-refractivity contribution in [3.63, 3.8) is 0 Å². The van der Waals surface area contributed by atoms with Gasteiger partial charge in [0.15, 0.2) is 0 Å². The molecule has 84 valence electrons. The minimum atomic E-state index is -0.466. The smallest absolute Gasteiger partial charge is 0.125 e. The third-order valence-electron chi connectivity index (χ3n) is 2.16. The molecule has 0 aliphatic rings. The van der Waals surface area contributed by atoms with Crippen LogP contribution in [0.25, 0.3) is 0 Å². The number of aryl methyl sites for hydroxylation is 1. The Morgan fingerprint density at radius 3 is 2.80 bits per heavy atom. The highest BCUT2D eigenvalue weighted by Crippen LogP contribution is 2.24. The molecule has 0 saturated heterocycles. The quantitative estimate of drug-likeness (QED) is 0.810. The Hall–Kier alpha value is -1.09. The van der Waals surface area contributed by atoms with Crippen LogP contribution in [0.1, 0.15) is 18.1 Å². The van der Waals surface area contributed by atoms with Crippen LogP contribution in [-0.2, 0) is 6.42 Å². The van der Waals surface area contributed by atoms with Crippen molar-refractivity contribution >= 4 is 0 Å². The van der Waals surface area contributed by atoms with Gasteiger partial charge in [0.2, 0.25) is 0 Å². The van der Waals surface area contributed by atoms with Gasteiger partial charge in [-0.3, -0.25) is 0 Å². The maximum atomic E-state index is 12.1. The van der Waals surface area contributed by atoms with E-state index in [4.69, 9.17) is 10.5 Å². The van der Waals surface area contributed by atoms with Crippen molar-refractivity contribution in [2.24, 2.45) is 5.73 Å². The fourth-order valence-electron chi connectivity index (χ4n) is 1.57. The number of hydrogen-bond donors (Lipinski definition) is 1. The molecule has 1 rings (SSSR count). The summed E-state index contributed by atoms with van der Waals surface area (Å²) in [6.07, 6.45) is 0.753. The summed E-state index contributed by atoms with van der Waals surface area (Å²) in [5.41, 5.74) is 7.83. The minimum absolute atomic E-state index is 0.0829. The number of hydrogen-bond acceptors (Lipinski definition) is 2. The fourth-order valence-corrected chi connectivity index (χ4v) is 1.57. The van der Waals surface area contributed by atoms with Gasteiger partial charge in [0.05, 0.1) is 0 Å². The molecule has 0 saturated carbocycles. The van der Waals surface area contributed by atoms with Gasteiger partial charge in [-0.25, -0.2) is 4.39 Å². The number of halogens is 1. The predicted octanol–water partition coefficient (Wildman–Crippen LogP) is 2.23. The van der Waals surface area contributed by atoms with Crippen LogP contribution < -0.4 is 10.5 Å². The van der Waals surface area contributed by atoms with E-state index in [-0.39, 0.29) is 12.6 Å². The maximum absolute atomic E-state index is 12.1. The van der Waals surface area contributed by atoms with E-state index in [0.29, 0.717) is 0 Å². The lowest BCUT2D eigenvalue weighted by Crippen LogP contribution is -2.18. The largest absolute Gasteiger partial charge is 0.490 e. The first-order chi connectivity index (χ1) is 7.15. The summed E-state index contributed by atoms with van der Waals surface area (Å²) in [6, 6.07) is 5.98. The molecule has 0 spiro atoms. The van der Waals surface area contributed by atoms with Crippen LogP contribution in [0, 0.1) is 6.92 Å². The second-order valence-corrected chi connectivity index (χ2v) is 3.78. The molecule has 0 aliphatic heterocycles. The molecule has 0 fully saturated rings. The Labute approximate surface area is 90.2 Å². The molecule has 0 amide bonds. The van der Waals surface area contributed by atoms with Gasteiger partial charge in [-0.1, -0.05) is 18.2 Å². The molecule has 3 heteroatoms. The molecule has 1 unspecified atom stereocenters. The fraction of sp³-hybridized carbons (Fsp3) is 0.500.